The Balaban J connectivity index is 2.11. The number of nitrogens with zero attached hydrogens (tertiary/aromatic N) is 2. The molecule has 1 aromatic carbocycles. The first-order valence-electron chi connectivity index (χ1n) is 6.78. The number of carboxylic acid groups (broad SMARTS) is 1. The number of carbonyl (C=O) groups is 1. The summed E-state index contributed by atoms with van der Waals surface area (Å²) in [6, 6.07) is 6.60. The summed E-state index contributed by atoms with van der Waals surface area (Å²) in [6.07, 6.45) is 0. The summed E-state index contributed by atoms with van der Waals surface area (Å²) in [5, 5.41) is 18.1. The Morgan fingerprint density at radius 1 is 1.39 bits per heavy atom. The quantitative estimate of drug-likeness (QED) is 0.848. The number of benzene rings is 1. The number of hydrogen-bond acceptors (Lipinski definition) is 4. The molecule has 0 amide bonds. The molecule has 3 rings (SSSR count). The zero-order valence-electron chi connectivity index (χ0n) is 12.0. The van der Waals surface area contributed by atoms with E-state index in [4.69, 9.17) is 31.0 Å². The summed E-state index contributed by atoms with van der Waals surface area (Å²) in [5.41, 5.74) is 1.34. The monoisotopic (exact) mass is 364 g/mol. The maximum absolute atomic E-state index is 11.5. The highest BCUT2D eigenvalue weighted by molar-refractivity contribution is 7.11. The largest absolute Gasteiger partial charge is 0.477 e. The number of aliphatic carboxylic acids is 1. The molecule has 4 nitrogen and oxygen atoms in total. The summed E-state index contributed by atoms with van der Waals surface area (Å²) in [6.45, 7) is 1.83. The van der Waals surface area contributed by atoms with Crippen LogP contribution in [0.5, 0.6) is 0 Å². The first kappa shape index (κ1) is 16.4. The number of anilines is 1. The lowest BCUT2D eigenvalue weighted by atomic mass is 9.93. The van der Waals surface area contributed by atoms with Gasteiger partial charge in [0.25, 0.3) is 0 Å². The Hall–Kier alpha value is -1.50. The van der Waals surface area contributed by atoms with E-state index in [0.29, 0.717) is 21.2 Å². The molecule has 2 atom stereocenters. The molecule has 2 aromatic rings. The van der Waals surface area contributed by atoms with Crippen LogP contribution in [0.3, 0.4) is 0 Å². The van der Waals surface area contributed by atoms with Crippen molar-refractivity contribution in [2.45, 2.75) is 13.0 Å². The Kier molecular flexibility index (Phi) is 4.40. The molecule has 2 radical (unpaired) electrons. The van der Waals surface area contributed by atoms with Gasteiger partial charge in [-0.3, -0.25) is 5.01 Å². The smallest absolute Gasteiger partial charge is 0.352 e. The fourth-order valence-electron chi connectivity index (χ4n) is 2.63. The van der Waals surface area contributed by atoms with Gasteiger partial charge in [-0.1, -0.05) is 41.7 Å². The molecule has 1 N–H and O–H groups in total. The van der Waals surface area contributed by atoms with Crippen molar-refractivity contribution < 1.29 is 9.90 Å². The molecule has 2 heterocycles. The van der Waals surface area contributed by atoms with E-state index in [2.05, 4.69) is 5.10 Å². The molecular formula is C15H11BCl2N2O2S. The van der Waals surface area contributed by atoms with E-state index in [9.17, 15) is 9.90 Å². The molecule has 1 aliphatic heterocycles. The van der Waals surface area contributed by atoms with Crippen LogP contribution in [-0.2, 0) is 4.79 Å². The van der Waals surface area contributed by atoms with Crippen LogP contribution in [0.25, 0.3) is 0 Å². The van der Waals surface area contributed by atoms with E-state index in [1.807, 2.05) is 18.4 Å². The molecule has 0 spiro atoms. The zero-order valence-corrected chi connectivity index (χ0v) is 14.4. The second-order valence-electron chi connectivity index (χ2n) is 5.25. The van der Waals surface area contributed by atoms with Crippen LogP contribution in [-0.4, -0.2) is 24.6 Å². The summed E-state index contributed by atoms with van der Waals surface area (Å²) >= 11 is 13.7. The number of thiophene rings is 1. The molecule has 1 aliphatic rings. The van der Waals surface area contributed by atoms with Gasteiger partial charge in [0, 0.05) is 15.8 Å². The number of hydrogen-bond donors (Lipinski definition) is 1. The van der Waals surface area contributed by atoms with Crippen molar-refractivity contribution in [2.75, 3.05) is 5.01 Å². The fourth-order valence-corrected chi connectivity index (χ4v) is 4.11. The Morgan fingerprint density at radius 3 is 2.70 bits per heavy atom. The van der Waals surface area contributed by atoms with Gasteiger partial charge in [-0.15, -0.1) is 11.3 Å². The average Bonchev–Trinajstić information content (AvgIpc) is 3.02. The number of rotatable bonds is 3. The van der Waals surface area contributed by atoms with Crippen LogP contribution in [0.4, 0.5) is 5.69 Å². The van der Waals surface area contributed by atoms with Gasteiger partial charge in [-0.25, -0.2) is 4.79 Å². The van der Waals surface area contributed by atoms with E-state index in [1.165, 1.54) is 11.3 Å². The predicted octanol–water partition coefficient (Wildman–Crippen LogP) is 3.49. The van der Waals surface area contributed by atoms with Gasteiger partial charge in [0.15, 0.2) is 5.71 Å². The first-order chi connectivity index (χ1) is 10.9. The van der Waals surface area contributed by atoms with Crippen molar-refractivity contribution in [1.82, 2.24) is 0 Å². The van der Waals surface area contributed by atoms with Gasteiger partial charge in [-0.2, -0.15) is 5.10 Å². The summed E-state index contributed by atoms with van der Waals surface area (Å²) in [4.78, 5) is 12.4. The molecule has 0 unspecified atom stereocenters. The number of halogens is 2. The van der Waals surface area contributed by atoms with Gasteiger partial charge in [0.05, 0.1) is 16.8 Å². The van der Waals surface area contributed by atoms with E-state index in [0.717, 1.165) is 4.88 Å². The van der Waals surface area contributed by atoms with Crippen LogP contribution in [0.2, 0.25) is 10.0 Å². The Bertz CT molecular complexity index is 809. The van der Waals surface area contributed by atoms with Crippen molar-refractivity contribution in [3.05, 3.63) is 44.6 Å². The molecule has 0 saturated heterocycles. The summed E-state index contributed by atoms with van der Waals surface area (Å²) in [5.74, 6) is -1.35. The normalized spacial score (nSPS) is 20.7. The molecule has 8 heteroatoms. The third kappa shape index (κ3) is 2.98. The number of carboxylic acids is 1. The first-order valence-corrected chi connectivity index (χ1v) is 8.42. The average molecular weight is 365 g/mol. The van der Waals surface area contributed by atoms with Crippen LogP contribution in [0, 0.1) is 5.92 Å². The van der Waals surface area contributed by atoms with E-state index >= 15 is 0 Å². The molecule has 0 fully saturated rings. The third-order valence-corrected chi connectivity index (χ3v) is 5.25. The molecule has 1 aromatic heterocycles. The fraction of sp³-hybridized carbons (Fsp3) is 0.200. The van der Waals surface area contributed by atoms with E-state index in [1.54, 1.807) is 23.2 Å². The third-order valence-electron chi connectivity index (χ3n) is 3.69. The molecule has 116 valence electrons. The maximum atomic E-state index is 11.5. The molecule has 0 bridgehead atoms. The lowest BCUT2D eigenvalue weighted by molar-refractivity contribution is -0.129. The highest BCUT2D eigenvalue weighted by Crippen LogP contribution is 2.43. The van der Waals surface area contributed by atoms with Gasteiger partial charge in [-0.05, 0) is 23.6 Å². The minimum Gasteiger partial charge on any atom is -0.477 e. The van der Waals surface area contributed by atoms with Gasteiger partial charge in [0.1, 0.15) is 7.85 Å². The van der Waals surface area contributed by atoms with Gasteiger partial charge >= 0.3 is 5.97 Å². The predicted molar refractivity (Wildman–Crippen MR) is 95.6 cm³/mol. The summed E-state index contributed by atoms with van der Waals surface area (Å²) in [7, 11) is 5.81. The number of hydrazone groups is 1. The zero-order chi connectivity index (χ0) is 16.7. The van der Waals surface area contributed by atoms with Crippen molar-refractivity contribution >= 4 is 65.2 Å². The van der Waals surface area contributed by atoms with Crippen LogP contribution >= 0.6 is 34.5 Å². The standard InChI is InChI=1S/C15H11BCl2N2O2S/c1-7-13(15(21)22)19-20(11-3-2-9(17)5-10(11)18)14(7)12-4-8(16)6-23-12/h2-7,14H,1H3,(H,21,22)/t7-,14-/m0/s1. The SMILES string of the molecule is [B]c1csc([C@@H]2[C@@H](C)C(C(=O)O)=NN2c2ccc(Cl)cc2Cl)c1. The van der Waals surface area contributed by atoms with Gasteiger partial charge in [0.2, 0.25) is 0 Å². The minimum absolute atomic E-state index is 0.0907. The Morgan fingerprint density at radius 2 is 2.13 bits per heavy atom. The topological polar surface area (TPSA) is 52.9 Å². The molecule has 0 aliphatic carbocycles. The minimum atomic E-state index is -1.04. The van der Waals surface area contributed by atoms with Crippen molar-refractivity contribution in [1.29, 1.82) is 0 Å². The lowest BCUT2D eigenvalue weighted by Crippen LogP contribution is -2.25. The highest BCUT2D eigenvalue weighted by Gasteiger charge is 2.40. The van der Waals surface area contributed by atoms with Crippen molar-refractivity contribution in [2.24, 2.45) is 11.0 Å². The van der Waals surface area contributed by atoms with Gasteiger partial charge < -0.3 is 5.11 Å². The van der Waals surface area contributed by atoms with Crippen LogP contribution in [0.15, 0.2) is 34.7 Å². The van der Waals surface area contributed by atoms with Crippen molar-refractivity contribution in [3.63, 3.8) is 0 Å². The molecule has 23 heavy (non-hydrogen) atoms. The highest BCUT2D eigenvalue weighted by atomic mass is 35.5. The second-order valence-corrected chi connectivity index (χ2v) is 7.03. The molecule has 0 saturated carbocycles. The second kappa shape index (κ2) is 6.19. The summed E-state index contributed by atoms with van der Waals surface area (Å²) < 4.78 is 0. The van der Waals surface area contributed by atoms with Crippen LogP contribution in [0.1, 0.15) is 17.8 Å². The van der Waals surface area contributed by atoms with Crippen molar-refractivity contribution in [3.8, 4) is 0 Å². The maximum Gasteiger partial charge on any atom is 0.352 e. The Labute approximate surface area is 148 Å². The lowest BCUT2D eigenvalue weighted by Gasteiger charge is -2.26. The van der Waals surface area contributed by atoms with Crippen LogP contribution < -0.4 is 10.5 Å². The van der Waals surface area contributed by atoms with E-state index < -0.39 is 5.97 Å². The molecular weight excluding hydrogens is 354 g/mol. The van der Waals surface area contributed by atoms with E-state index in [-0.39, 0.29) is 17.7 Å².